The van der Waals surface area contributed by atoms with Gasteiger partial charge in [-0.2, -0.15) is 0 Å². The SMILES string of the molecule is CC(=O)NC1CCC(NC(=O)c2cnc(Nc3ccc4ncsc4c3)cc2N[C@H]2CCOC[C@@H]2F)CC1. The highest BCUT2D eigenvalue weighted by Crippen LogP contribution is 2.28. The third-order valence-electron chi connectivity index (χ3n) is 6.85. The minimum atomic E-state index is -1.17. The number of hydrogen-bond donors (Lipinski definition) is 4. The summed E-state index contributed by atoms with van der Waals surface area (Å²) in [6, 6.07) is 7.30. The maximum absolute atomic E-state index is 14.6. The van der Waals surface area contributed by atoms with E-state index >= 15 is 0 Å². The smallest absolute Gasteiger partial charge is 0.255 e. The van der Waals surface area contributed by atoms with Crippen molar-refractivity contribution in [1.82, 2.24) is 20.6 Å². The van der Waals surface area contributed by atoms with Crippen molar-refractivity contribution in [3.8, 4) is 0 Å². The number of alkyl halides is 1. The first-order valence-electron chi connectivity index (χ1n) is 12.6. The van der Waals surface area contributed by atoms with Crippen LogP contribution in [0.15, 0.2) is 36.0 Å². The highest BCUT2D eigenvalue weighted by Gasteiger charge is 2.28. The Hall–Kier alpha value is -3.31. The van der Waals surface area contributed by atoms with Gasteiger partial charge in [-0.15, -0.1) is 11.3 Å². The molecule has 37 heavy (non-hydrogen) atoms. The third-order valence-corrected chi connectivity index (χ3v) is 7.64. The molecule has 4 N–H and O–H groups in total. The van der Waals surface area contributed by atoms with Gasteiger partial charge < -0.3 is 26.0 Å². The Kier molecular flexibility index (Phi) is 7.80. The van der Waals surface area contributed by atoms with Crippen molar-refractivity contribution in [2.75, 3.05) is 23.8 Å². The van der Waals surface area contributed by atoms with Crippen LogP contribution in [0, 0.1) is 0 Å². The Morgan fingerprint density at radius 1 is 1.05 bits per heavy atom. The molecule has 2 atom stereocenters. The molecule has 1 aliphatic heterocycles. The van der Waals surface area contributed by atoms with E-state index in [1.54, 1.807) is 22.9 Å². The summed E-state index contributed by atoms with van der Waals surface area (Å²) in [6.45, 7) is 2.01. The molecule has 0 bridgehead atoms. The predicted octanol–water partition coefficient (Wildman–Crippen LogP) is 4.15. The van der Waals surface area contributed by atoms with Gasteiger partial charge in [-0.25, -0.2) is 14.4 Å². The van der Waals surface area contributed by atoms with Gasteiger partial charge in [-0.1, -0.05) is 0 Å². The Labute approximate surface area is 218 Å². The topological polar surface area (TPSA) is 117 Å². The van der Waals surface area contributed by atoms with Crippen LogP contribution in [0.4, 0.5) is 21.6 Å². The molecule has 0 unspecified atom stereocenters. The number of halogens is 1. The van der Waals surface area contributed by atoms with Gasteiger partial charge in [0.05, 0.1) is 39.6 Å². The molecule has 0 spiro atoms. The molecule has 1 saturated heterocycles. The van der Waals surface area contributed by atoms with Crippen molar-refractivity contribution in [2.45, 2.75) is 63.3 Å². The first-order valence-corrected chi connectivity index (χ1v) is 13.5. The Morgan fingerprint density at radius 2 is 1.84 bits per heavy atom. The summed E-state index contributed by atoms with van der Waals surface area (Å²) in [5.74, 6) is 0.258. The summed E-state index contributed by atoms with van der Waals surface area (Å²) in [7, 11) is 0. The average molecular weight is 527 g/mol. The molecule has 5 rings (SSSR count). The van der Waals surface area contributed by atoms with E-state index in [0.29, 0.717) is 30.1 Å². The molecule has 2 aromatic heterocycles. The number of nitrogens with zero attached hydrogens (tertiary/aromatic N) is 2. The molecule has 11 heteroatoms. The van der Waals surface area contributed by atoms with E-state index in [1.165, 1.54) is 13.1 Å². The van der Waals surface area contributed by atoms with E-state index in [1.807, 2.05) is 18.2 Å². The minimum absolute atomic E-state index is 0.00583. The highest BCUT2D eigenvalue weighted by molar-refractivity contribution is 7.16. The number of anilines is 3. The fourth-order valence-corrected chi connectivity index (χ4v) is 5.62. The quantitative estimate of drug-likeness (QED) is 0.365. The van der Waals surface area contributed by atoms with Gasteiger partial charge in [0.15, 0.2) is 0 Å². The van der Waals surface area contributed by atoms with Crippen molar-refractivity contribution in [3.05, 3.63) is 41.5 Å². The zero-order valence-electron chi connectivity index (χ0n) is 20.6. The van der Waals surface area contributed by atoms with Crippen LogP contribution in [0.3, 0.4) is 0 Å². The number of carbonyl (C=O) groups excluding carboxylic acids is 2. The summed E-state index contributed by atoms with van der Waals surface area (Å²) in [6.07, 6.45) is 4.03. The molecule has 3 heterocycles. The maximum Gasteiger partial charge on any atom is 0.255 e. The summed E-state index contributed by atoms with van der Waals surface area (Å²) in [5.41, 5.74) is 4.46. The number of rotatable bonds is 7. The number of fused-ring (bicyclic) bond motifs is 1. The van der Waals surface area contributed by atoms with Crippen LogP contribution < -0.4 is 21.3 Å². The van der Waals surface area contributed by atoms with Crippen LogP contribution in [0.5, 0.6) is 0 Å². The first kappa shape index (κ1) is 25.3. The monoisotopic (exact) mass is 526 g/mol. The first-order chi connectivity index (χ1) is 17.9. The second kappa shape index (κ2) is 11.4. The van der Waals surface area contributed by atoms with E-state index in [4.69, 9.17) is 4.74 Å². The zero-order valence-corrected chi connectivity index (χ0v) is 21.4. The third kappa shape index (κ3) is 6.34. The van der Waals surface area contributed by atoms with E-state index in [9.17, 15) is 14.0 Å². The van der Waals surface area contributed by atoms with Crippen molar-refractivity contribution >= 4 is 50.6 Å². The molecule has 2 amide bonds. The van der Waals surface area contributed by atoms with Gasteiger partial charge in [0.25, 0.3) is 5.91 Å². The molecule has 1 aromatic carbocycles. The largest absolute Gasteiger partial charge is 0.378 e. The van der Waals surface area contributed by atoms with Crippen molar-refractivity contribution in [3.63, 3.8) is 0 Å². The fraction of sp³-hybridized carbons (Fsp3) is 0.462. The number of pyridine rings is 1. The Morgan fingerprint density at radius 3 is 2.59 bits per heavy atom. The molecule has 2 fully saturated rings. The number of hydrogen-bond acceptors (Lipinski definition) is 8. The lowest BCUT2D eigenvalue weighted by molar-refractivity contribution is -0.119. The molecule has 2 aliphatic rings. The van der Waals surface area contributed by atoms with E-state index in [-0.39, 0.29) is 30.5 Å². The molecule has 3 aromatic rings. The lowest BCUT2D eigenvalue weighted by atomic mass is 9.91. The molecular formula is C26H31FN6O3S. The highest BCUT2D eigenvalue weighted by atomic mass is 32.1. The van der Waals surface area contributed by atoms with Gasteiger partial charge in [-0.3, -0.25) is 9.59 Å². The van der Waals surface area contributed by atoms with Gasteiger partial charge in [0.2, 0.25) is 5.91 Å². The van der Waals surface area contributed by atoms with E-state index in [0.717, 1.165) is 41.6 Å². The van der Waals surface area contributed by atoms with Gasteiger partial charge >= 0.3 is 0 Å². The minimum Gasteiger partial charge on any atom is -0.378 e. The zero-order chi connectivity index (χ0) is 25.8. The average Bonchev–Trinajstić information content (AvgIpc) is 3.34. The fourth-order valence-electron chi connectivity index (χ4n) is 4.90. The number of nitrogens with one attached hydrogen (secondary N) is 4. The number of ether oxygens (including phenoxy) is 1. The number of thiazole rings is 1. The summed E-state index contributed by atoms with van der Waals surface area (Å²) >= 11 is 1.55. The van der Waals surface area contributed by atoms with Crippen LogP contribution in [0.1, 0.15) is 49.4 Å². The Bertz CT molecular complexity index is 1260. The molecular weight excluding hydrogens is 495 g/mol. The predicted molar refractivity (Wildman–Crippen MR) is 142 cm³/mol. The molecule has 1 aliphatic carbocycles. The van der Waals surface area contributed by atoms with Crippen LogP contribution in [-0.4, -0.2) is 59.3 Å². The van der Waals surface area contributed by atoms with Crippen molar-refractivity contribution < 1.29 is 18.7 Å². The van der Waals surface area contributed by atoms with E-state index < -0.39 is 12.2 Å². The van der Waals surface area contributed by atoms with Crippen LogP contribution >= 0.6 is 11.3 Å². The standard InChI is InChI=1S/C26H31FN6O3S/c1-15(34)30-16-2-4-17(5-3-16)32-26(35)19-12-28-25(11-23(19)33-21-8-9-36-13-20(21)27)31-18-6-7-22-24(10-18)37-14-29-22/h6-7,10-12,14,16-17,20-21H,2-5,8-9,13H2,1H3,(H,30,34)(H,32,35)(H2,28,31,33)/t16?,17?,20-,21-/m0/s1. The van der Waals surface area contributed by atoms with Crippen molar-refractivity contribution in [1.29, 1.82) is 0 Å². The van der Waals surface area contributed by atoms with E-state index in [2.05, 4.69) is 31.2 Å². The van der Waals surface area contributed by atoms with Crippen LogP contribution in [0.25, 0.3) is 10.2 Å². The maximum atomic E-state index is 14.6. The van der Waals surface area contributed by atoms with Gasteiger partial charge in [-0.05, 0) is 50.3 Å². The number of carbonyl (C=O) groups is 2. The number of amides is 2. The normalized spacial score (nSPS) is 23.8. The lowest BCUT2D eigenvalue weighted by Crippen LogP contribution is -2.43. The van der Waals surface area contributed by atoms with Crippen LogP contribution in [0.2, 0.25) is 0 Å². The Balaban J connectivity index is 1.32. The van der Waals surface area contributed by atoms with Crippen molar-refractivity contribution in [2.24, 2.45) is 0 Å². The number of aromatic nitrogens is 2. The molecule has 1 saturated carbocycles. The number of benzene rings is 1. The summed E-state index contributed by atoms with van der Waals surface area (Å²) in [5, 5.41) is 12.6. The van der Waals surface area contributed by atoms with Gasteiger partial charge in [0, 0.05) is 43.6 Å². The molecule has 0 radical (unpaired) electrons. The lowest BCUT2D eigenvalue weighted by Gasteiger charge is -2.30. The molecule has 9 nitrogen and oxygen atoms in total. The molecule has 196 valence electrons. The summed E-state index contributed by atoms with van der Waals surface area (Å²) < 4.78 is 20.9. The second-order valence-electron chi connectivity index (χ2n) is 9.63. The summed E-state index contributed by atoms with van der Waals surface area (Å²) in [4.78, 5) is 33.4. The van der Waals surface area contributed by atoms with Gasteiger partial charge in [0.1, 0.15) is 12.0 Å². The van der Waals surface area contributed by atoms with Crippen LogP contribution in [-0.2, 0) is 9.53 Å². The second-order valence-corrected chi connectivity index (χ2v) is 10.5.